The number of rotatable bonds is 6. The molecular weight excluding hydrogens is 246 g/mol. The van der Waals surface area contributed by atoms with Crippen molar-refractivity contribution in [2.45, 2.75) is 6.04 Å². The average molecular weight is 260 g/mol. The molecule has 94 valence electrons. The smallest absolute Gasteiger partial charge is 0.328 e. The number of carboxylic acid groups (broad SMARTS) is 1. The van der Waals surface area contributed by atoms with E-state index < -0.39 is 12.0 Å². The first-order chi connectivity index (χ1) is 8.08. The van der Waals surface area contributed by atoms with Crippen LogP contribution >= 0.6 is 11.6 Å². The summed E-state index contributed by atoms with van der Waals surface area (Å²) in [5, 5.41) is 12.3. The lowest BCUT2D eigenvalue weighted by molar-refractivity contribution is -0.139. The Morgan fingerprint density at radius 3 is 2.76 bits per heavy atom. The number of hydrogen-bond donors (Lipinski definition) is 2. The maximum Gasteiger partial charge on any atom is 0.328 e. The van der Waals surface area contributed by atoms with E-state index in [1.807, 2.05) is 0 Å². The van der Waals surface area contributed by atoms with Gasteiger partial charge in [0.15, 0.2) is 0 Å². The molecule has 2 N–H and O–H groups in total. The number of benzene rings is 1. The number of halogens is 1. The molecule has 0 aliphatic rings. The fraction of sp³-hybridized carbons (Fsp3) is 0.364. The van der Waals surface area contributed by atoms with Crippen LogP contribution < -0.4 is 10.1 Å². The van der Waals surface area contributed by atoms with Gasteiger partial charge >= 0.3 is 5.97 Å². The van der Waals surface area contributed by atoms with Crippen LogP contribution in [-0.4, -0.2) is 37.9 Å². The lowest BCUT2D eigenvalue weighted by Crippen LogP contribution is -2.33. The number of hydrogen-bond acceptors (Lipinski definition) is 4. The highest BCUT2D eigenvalue weighted by Crippen LogP contribution is 2.28. The molecule has 0 saturated carbocycles. The minimum atomic E-state index is -1.01. The van der Waals surface area contributed by atoms with Crippen molar-refractivity contribution in [3.63, 3.8) is 0 Å². The van der Waals surface area contributed by atoms with Crippen LogP contribution in [0, 0.1) is 0 Å². The summed E-state index contributed by atoms with van der Waals surface area (Å²) in [5.74, 6) is -0.481. The van der Waals surface area contributed by atoms with Crippen LogP contribution in [0.15, 0.2) is 18.2 Å². The van der Waals surface area contributed by atoms with Gasteiger partial charge in [-0.25, -0.2) is 4.79 Å². The molecule has 0 saturated heterocycles. The summed E-state index contributed by atoms with van der Waals surface area (Å²) >= 11 is 5.84. The normalized spacial score (nSPS) is 11.9. The summed E-state index contributed by atoms with van der Waals surface area (Å²) < 4.78 is 9.93. The van der Waals surface area contributed by atoms with Gasteiger partial charge in [0.1, 0.15) is 11.8 Å². The second kappa shape index (κ2) is 6.32. The number of anilines is 1. The first-order valence-corrected chi connectivity index (χ1v) is 5.28. The zero-order valence-electron chi connectivity index (χ0n) is 9.57. The van der Waals surface area contributed by atoms with E-state index in [1.54, 1.807) is 18.2 Å². The van der Waals surface area contributed by atoms with E-state index in [4.69, 9.17) is 26.2 Å². The van der Waals surface area contributed by atoms with E-state index in [0.717, 1.165) is 0 Å². The van der Waals surface area contributed by atoms with Crippen LogP contribution in [0.5, 0.6) is 5.75 Å². The topological polar surface area (TPSA) is 67.8 Å². The van der Waals surface area contributed by atoms with Gasteiger partial charge in [-0.3, -0.25) is 0 Å². The van der Waals surface area contributed by atoms with Crippen molar-refractivity contribution < 1.29 is 19.4 Å². The molecule has 0 spiro atoms. The number of ether oxygens (including phenoxy) is 2. The predicted octanol–water partition coefficient (Wildman–Crippen LogP) is 1.86. The largest absolute Gasteiger partial charge is 0.495 e. The van der Waals surface area contributed by atoms with Crippen LogP contribution in [0.4, 0.5) is 5.69 Å². The molecule has 1 atom stereocenters. The second-order valence-corrected chi connectivity index (χ2v) is 3.77. The summed E-state index contributed by atoms with van der Waals surface area (Å²) in [7, 11) is 2.94. The van der Waals surface area contributed by atoms with E-state index in [2.05, 4.69) is 5.32 Å². The van der Waals surface area contributed by atoms with Crippen LogP contribution in [0.25, 0.3) is 0 Å². The molecule has 0 amide bonds. The first kappa shape index (κ1) is 13.6. The summed E-state index contributed by atoms with van der Waals surface area (Å²) in [4.78, 5) is 11.0. The van der Waals surface area contributed by atoms with E-state index in [0.29, 0.717) is 16.5 Å². The molecule has 0 fully saturated rings. The predicted molar refractivity (Wildman–Crippen MR) is 64.9 cm³/mol. The fourth-order valence-electron chi connectivity index (χ4n) is 1.32. The average Bonchev–Trinajstić information content (AvgIpc) is 2.28. The van der Waals surface area contributed by atoms with Gasteiger partial charge in [0.2, 0.25) is 0 Å². The zero-order chi connectivity index (χ0) is 12.8. The molecule has 0 bridgehead atoms. The van der Waals surface area contributed by atoms with Gasteiger partial charge in [-0.05, 0) is 18.2 Å². The summed E-state index contributed by atoms with van der Waals surface area (Å²) in [6, 6.07) is 4.08. The number of carboxylic acids is 1. The molecule has 1 aromatic carbocycles. The molecule has 0 radical (unpaired) electrons. The molecular formula is C11H14ClNO4. The van der Waals surface area contributed by atoms with Crippen molar-refractivity contribution in [1.29, 1.82) is 0 Å². The van der Waals surface area contributed by atoms with Gasteiger partial charge in [0.25, 0.3) is 0 Å². The minimum Gasteiger partial charge on any atom is -0.495 e. The van der Waals surface area contributed by atoms with Gasteiger partial charge in [0.05, 0.1) is 19.4 Å². The quantitative estimate of drug-likeness (QED) is 0.816. The fourth-order valence-corrected chi connectivity index (χ4v) is 1.49. The molecule has 0 heterocycles. The van der Waals surface area contributed by atoms with E-state index in [9.17, 15) is 4.79 Å². The standard InChI is InChI=1S/C11H14ClNO4/c1-16-6-9(11(14)15)13-8-5-7(12)3-4-10(8)17-2/h3-5,9,13H,6H2,1-2H3,(H,14,15). The van der Waals surface area contributed by atoms with Crippen molar-refractivity contribution in [1.82, 2.24) is 0 Å². The zero-order valence-corrected chi connectivity index (χ0v) is 10.3. The Hall–Kier alpha value is -1.46. The van der Waals surface area contributed by atoms with Crippen molar-refractivity contribution in [2.24, 2.45) is 0 Å². The maximum atomic E-state index is 11.0. The number of methoxy groups -OCH3 is 2. The first-order valence-electron chi connectivity index (χ1n) is 4.90. The number of carbonyl (C=O) groups is 1. The number of nitrogens with one attached hydrogen (secondary N) is 1. The maximum absolute atomic E-state index is 11.0. The Morgan fingerprint density at radius 1 is 1.53 bits per heavy atom. The van der Waals surface area contributed by atoms with Crippen molar-refractivity contribution in [3.8, 4) is 5.75 Å². The number of aliphatic carboxylic acids is 1. The lowest BCUT2D eigenvalue weighted by Gasteiger charge is -2.17. The Balaban J connectivity index is 2.91. The van der Waals surface area contributed by atoms with E-state index >= 15 is 0 Å². The second-order valence-electron chi connectivity index (χ2n) is 3.34. The molecule has 17 heavy (non-hydrogen) atoms. The molecule has 1 unspecified atom stereocenters. The van der Waals surface area contributed by atoms with Crippen molar-refractivity contribution in [2.75, 3.05) is 26.1 Å². The van der Waals surface area contributed by atoms with Crippen LogP contribution in [0.3, 0.4) is 0 Å². The van der Waals surface area contributed by atoms with Crippen molar-refractivity contribution >= 4 is 23.3 Å². The van der Waals surface area contributed by atoms with Crippen LogP contribution in [0.2, 0.25) is 5.02 Å². The molecule has 1 rings (SSSR count). The molecule has 6 heteroatoms. The third-order valence-corrected chi connectivity index (χ3v) is 2.36. The van der Waals surface area contributed by atoms with E-state index in [-0.39, 0.29) is 6.61 Å². The Labute approximate surface area is 104 Å². The Kier molecular flexibility index (Phi) is 5.06. The molecule has 5 nitrogen and oxygen atoms in total. The summed E-state index contributed by atoms with van der Waals surface area (Å²) in [5.41, 5.74) is 0.518. The summed E-state index contributed by atoms with van der Waals surface area (Å²) in [6.45, 7) is 0.0466. The Morgan fingerprint density at radius 2 is 2.24 bits per heavy atom. The minimum absolute atomic E-state index is 0.0466. The van der Waals surface area contributed by atoms with Crippen LogP contribution in [-0.2, 0) is 9.53 Å². The molecule has 1 aromatic rings. The van der Waals surface area contributed by atoms with Gasteiger partial charge in [0, 0.05) is 12.1 Å². The lowest BCUT2D eigenvalue weighted by atomic mass is 10.2. The molecule has 0 aliphatic carbocycles. The van der Waals surface area contributed by atoms with Crippen LogP contribution in [0.1, 0.15) is 0 Å². The van der Waals surface area contributed by atoms with Gasteiger partial charge in [-0.15, -0.1) is 0 Å². The highest BCUT2D eigenvalue weighted by Gasteiger charge is 2.18. The third kappa shape index (κ3) is 3.80. The van der Waals surface area contributed by atoms with Gasteiger partial charge in [-0.1, -0.05) is 11.6 Å². The summed E-state index contributed by atoms with van der Waals surface area (Å²) in [6.07, 6.45) is 0. The Bertz CT molecular complexity index is 397. The SMILES string of the molecule is COCC(Nc1cc(Cl)ccc1OC)C(=O)O. The third-order valence-electron chi connectivity index (χ3n) is 2.12. The molecule has 0 aromatic heterocycles. The molecule has 0 aliphatic heterocycles. The highest BCUT2D eigenvalue weighted by atomic mass is 35.5. The van der Waals surface area contributed by atoms with Gasteiger partial charge in [-0.2, -0.15) is 0 Å². The van der Waals surface area contributed by atoms with E-state index in [1.165, 1.54) is 14.2 Å². The van der Waals surface area contributed by atoms with Gasteiger partial charge < -0.3 is 19.9 Å². The van der Waals surface area contributed by atoms with Crippen molar-refractivity contribution in [3.05, 3.63) is 23.2 Å². The highest BCUT2D eigenvalue weighted by molar-refractivity contribution is 6.30. The monoisotopic (exact) mass is 259 g/mol.